The van der Waals surface area contributed by atoms with Crippen molar-refractivity contribution < 1.29 is 9.32 Å². The summed E-state index contributed by atoms with van der Waals surface area (Å²) in [5.74, 6) is 0.0294. The average molecular weight is 370 g/mol. The van der Waals surface area contributed by atoms with E-state index in [4.69, 9.17) is 16.1 Å². The summed E-state index contributed by atoms with van der Waals surface area (Å²) in [6.07, 6.45) is 1.51. The molecule has 0 saturated heterocycles. The Labute approximate surface area is 151 Å². The summed E-state index contributed by atoms with van der Waals surface area (Å²) in [6.45, 7) is 0.0344. The first-order valence-corrected chi connectivity index (χ1v) is 8.05. The Bertz CT molecular complexity index is 1160. The van der Waals surface area contributed by atoms with Gasteiger partial charge in [0.15, 0.2) is 0 Å². The summed E-state index contributed by atoms with van der Waals surface area (Å²) in [4.78, 5) is 33.7. The second-order valence-corrected chi connectivity index (χ2v) is 5.96. The minimum Gasteiger partial charge on any atom is -0.351 e. The molecule has 3 N–H and O–H groups in total. The lowest BCUT2D eigenvalue weighted by Gasteiger charge is -1.99. The highest BCUT2D eigenvalue weighted by Gasteiger charge is 2.14. The summed E-state index contributed by atoms with van der Waals surface area (Å²) < 4.78 is 5.08. The van der Waals surface area contributed by atoms with E-state index in [1.165, 1.54) is 6.20 Å². The van der Waals surface area contributed by atoms with Gasteiger partial charge in [-0.1, -0.05) is 16.8 Å². The first-order valence-electron chi connectivity index (χ1n) is 7.67. The van der Waals surface area contributed by atoms with Gasteiger partial charge >= 0.3 is 0 Å². The largest absolute Gasteiger partial charge is 0.351 e. The van der Waals surface area contributed by atoms with Crippen LogP contribution in [0.2, 0.25) is 5.02 Å². The zero-order valence-corrected chi connectivity index (χ0v) is 14.0. The lowest BCUT2D eigenvalue weighted by atomic mass is 10.2. The van der Waals surface area contributed by atoms with E-state index in [9.17, 15) is 9.59 Å². The quantitative estimate of drug-likeness (QED) is 0.511. The van der Waals surface area contributed by atoms with Crippen molar-refractivity contribution in [1.29, 1.82) is 0 Å². The van der Waals surface area contributed by atoms with Crippen LogP contribution in [0.5, 0.6) is 0 Å². The SMILES string of the molecule is O=C(NCc1nc(-c2ccc[nH]c2=O)no1)c1cc2cc(Cl)ccc2[nH]1. The zero-order chi connectivity index (χ0) is 18.1. The Kier molecular flexibility index (Phi) is 4.02. The van der Waals surface area contributed by atoms with Gasteiger partial charge in [-0.05, 0) is 36.4 Å². The number of aromatic amines is 2. The molecule has 0 aliphatic heterocycles. The standard InChI is InChI=1S/C17H12ClN5O3/c18-10-3-4-12-9(6-10)7-13(21-12)17(25)20-8-14-22-15(23-26-14)11-2-1-5-19-16(11)24/h1-7,21H,8H2,(H,19,24)(H,20,25). The number of fused-ring (bicyclic) bond motifs is 1. The van der Waals surface area contributed by atoms with Crippen LogP contribution in [0.3, 0.4) is 0 Å². The molecule has 4 aromatic rings. The van der Waals surface area contributed by atoms with E-state index >= 15 is 0 Å². The van der Waals surface area contributed by atoms with Crippen LogP contribution in [-0.4, -0.2) is 26.0 Å². The minimum atomic E-state index is -0.324. The monoisotopic (exact) mass is 369 g/mol. The third kappa shape index (κ3) is 3.09. The summed E-state index contributed by atoms with van der Waals surface area (Å²) in [7, 11) is 0. The fourth-order valence-electron chi connectivity index (χ4n) is 2.51. The van der Waals surface area contributed by atoms with Crippen molar-refractivity contribution in [1.82, 2.24) is 25.4 Å². The molecular weight excluding hydrogens is 358 g/mol. The molecular formula is C17H12ClN5O3. The number of hydrogen-bond donors (Lipinski definition) is 3. The van der Waals surface area contributed by atoms with Gasteiger partial charge in [0, 0.05) is 22.1 Å². The van der Waals surface area contributed by atoms with Gasteiger partial charge in [-0.15, -0.1) is 0 Å². The molecule has 3 heterocycles. The fourth-order valence-corrected chi connectivity index (χ4v) is 2.69. The molecule has 0 spiro atoms. The molecule has 1 amide bonds. The Hall–Kier alpha value is -3.39. The number of carbonyl (C=O) groups is 1. The van der Waals surface area contributed by atoms with Gasteiger partial charge in [-0.25, -0.2) is 0 Å². The molecule has 0 aliphatic rings. The summed E-state index contributed by atoms with van der Waals surface area (Å²) in [5.41, 5.74) is 1.17. The van der Waals surface area contributed by atoms with Gasteiger partial charge in [-0.3, -0.25) is 9.59 Å². The molecule has 130 valence electrons. The number of benzene rings is 1. The van der Waals surface area contributed by atoms with E-state index in [-0.39, 0.29) is 29.7 Å². The van der Waals surface area contributed by atoms with E-state index < -0.39 is 0 Å². The van der Waals surface area contributed by atoms with E-state index in [2.05, 4.69) is 25.4 Å². The third-order valence-corrected chi connectivity index (χ3v) is 3.99. The molecule has 0 radical (unpaired) electrons. The number of halogens is 1. The van der Waals surface area contributed by atoms with Crippen LogP contribution < -0.4 is 10.9 Å². The maximum Gasteiger partial charge on any atom is 0.268 e. The van der Waals surface area contributed by atoms with Crippen molar-refractivity contribution >= 4 is 28.4 Å². The zero-order valence-electron chi connectivity index (χ0n) is 13.2. The van der Waals surface area contributed by atoms with E-state index in [1.807, 2.05) is 0 Å². The van der Waals surface area contributed by atoms with Gasteiger partial charge < -0.3 is 19.8 Å². The Balaban J connectivity index is 1.47. The molecule has 26 heavy (non-hydrogen) atoms. The van der Waals surface area contributed by atoms with Crippen molar-refractivity contribution in [2.24, 2.45) is 0 Å². The molecule has 0 saturated carbocycles. The molecule has 4 rings (SSSR count). The average Bonchev–Trinajstić information content (AvgIpc) is 3.26. The van der Waals surface area contributed by atoms with Gasteiger partial charge in [-0.2, -0.15) is 4.98 Å². The van der Waals surface area contributed by atoms with Gasteiger partial charge in [0.05, 0.1) is 12.1 Å². The normalized spacial score (nSPS) is 11.0. The van der Waals surface area contributed by atoms with Crippen LogP contribution in [0, 0.1) is 0 Å². The first kappa shape index (κ1) is 16.1. The number of carbonyl (C=O) groups excluding carboxylic acids is 1. The van der Waals surface area contributed by atoms with Crippen molar-refractivity contribution in [3.63, 3.8) is 0 Å². The van der Waals surface area contributed by atoms with Crippen LogP contribution in [0.15, 0.2) is 51.9 Å². The summed E-state index contributed by atoms with van der Waals surface area (Å²) in [6, 6.07) is 10.3. The first-order chi connectivity index (χ1) is 12.6. The summed E-state index contributed by atoms with van der Waals surface area (Å²) >= 11 is 5.95. The molecule has 1 aromatic carbocycles. The highest BCUT2D eigenvalue weighted by Crippen LogP contribution is 2.20. The Morgan fingerprint density at radius 3 is 3.00 bits per heavy atom. The molecule has 0 aliphatic carbocycles. The highest BCUT2D eigenvalue weighted by molar-refractivity contribution is 6.31. The number of nitrogens with zero attached hydrogens (tertiary/aromatic N) is 2. The molecule has 0 bridgehead atoms. The molecule has 3 aromatic heterocycles. The Morgan fingerprint density at radius 1 is 1.27 bits per heavy atom. The number of hydrogen-bond acceptors (Lipinski definition) is 5. The molecule has 0 unspecified atom stereocenters. The van der Waals surface area contributed by atoms with E-state index in [0.29, 0.717) is 16.3 Å². The molecule has 9 heteroatoms. The van der Waals surface area contributed by atoms with Crippen LogP contribution in [0.1, 0.15) is 16.4 Å². The van der Waals surface area contributed by atoms with Crippen LogP contribution in [-0.2, 0) is 6.54 Å². The van der Waals surface area contributed by atoms with Crippen LogP contribution in [0.4, 0.5) is 0 Å². The topological polar surface area (TPSA) is 117 Å². The fraction of sp³-hybridized carbons (Fsp3) is 0.0588. The predicted octanol–water partition coefficient (Wildman–Crippen LogP) is 2.49. The molecule has 0 atom stereocenters. The minimum absolute atomic E-state index is 0.0344. The van der Waals surface area contributed by atoms with Gasteiger partial charge in [0.25, 0.3) is 11.5 Å². The van der Waals surface area contributed by atoms with E-state index in [0.717, 1.165) is 10.9 Å². The number of aromatic nitrogens is 4. The van der Waals surface area contributed by atoms with Crippen LogP contribution >= 0.6 is 11.6 Å². The third-order valence-electron chi connectivity index (χ3n) is 3.75. The van der Waals surface area contributed by atoms with Gasteiger partial charge in [0.1, 0.15) is 5.69 Å². The second kappa shape index (κ2) is 6.49. The number of rotatable bonds is 4. The van der Waals surface area contributed by atoms with E-state index in [1.54, 1.807) is 36.4 Å². The number of pyridine rings is 1. The molecule has 8 nitrogen and oxygen atoms in total. The van der Waals surface area contributed by atoms with Crippen molar-refractivity contribution in [3.05, 3.63) is 69.6 Å². The number of H-pyrrole nitrogens is 2. The van der Waals surface area contributed by atoms with Crippen molar-refractivity contribution in [2.45, 2.75) is 6.54 Å². The lowest BCUT2D eigenvalue weighted by molar-refractivity contribution is 0.0942. The number of nitrogens with one attached hydrogen (secondary N) is 3. The van der Waals surface area contributed by atoms with Crippen molar-refractivity contribution in [3.8, 4) is 11.4 Å². The van der Waals surface area contributed by atoms with Crippen molar-refractivity contribution in [2.75, 3.05) is 0 Å². The maximum atomic E-state index is 12.3. The highest BCUT2D eigenvalue weighted by atomic mass is 35.5. The smallest absolute Gasteiger partial charge is 0.268 e. The summed E-state index contributed by atoms with van der Waals surface area (Å²) in [5, 5.41) is 7.88. The number of amides is 1. The maximum absolute atomic E-state index is 12.3. The predicted molar refractivity (Wildman–Crippen MR) is 94.8 cm³/mol. The second-order valence-electron chi connectivity index (χ2n) is 5.52. The Morgan fingerprint density at radius 2 is 2.15 bits per heavy atom. The lowest BCUT2D eigenvalue weighted by Crippen LogP contribution is -2.23. The van der Waals surface area contributed by atoms with Crippen LogP contribution in [0.25, 0.3) is 22.3 Å². The van der Waals surface area contributed by atoms with Gasteiger partial charge in [0.2, 0.25) is 11.7 Å². The molecule has 0 fully saturated rings.